The summed E-state index contributed by atoms with van der Waals surface area (Å²) in [6.07, 6.45) is 20.6. The van der Waals surface area contributed by atoms with Crippen LogP contribution in [0.1, 0.15) is 103 Å². The highest BCUT2D eigenvalue weighted by atomic mass is 16.5. The van der Waals surface area contributed by atoms with Gasteiger partial charge in [0.1, 0.15) is 17.7 Å². The number of unbranched alkanes of at least 4 members (excludes halogenated alkanes) is 15. The minimum Gasteiger partial charge on any atom is -0.462 e. The average Bonchev–Trinajstić information content (AvgIpc) is 2.71. The second kappa shape index (κ2) is 21.5. The molecule has 1 N–H and O–H groups in total. The van der Waals surface area contributed by atoms with Gasteiger partial charge in [-0.25, -0.2) is 4.79 Å². The summed E-state index contributed by atoms with van der Waals surface area (Å²) in [6, 6.07) is 3.27. The van der Waals surface area contributed by atoms with Crippen LogP contribution in [0.5, 0.6) is 0 Å². The highest BCUT2D eigenvalue weighted by molar-refractivity contribution is 5.84. The van der Waals surface area contributed by atoms with Gasteiger partial charge in [-0.1, -0.05) is 89.9 Å². The van der Waals surface area contributed by atoms with Crippen LogP contribution in [-0.2, 0) is 9.53 Å². The van der Waals surface area contributed by atoms with Crippen molar-refractivity contribution >= 4 is 5.97 Å². The van der Waals surface area contributed by atoms with Crippen LogP contribution in [0, 0.1) is 22.7 Å². The number of nitriles is 2. The van der Waals surface area contributed by atoms with Crippen LogP contribution in [0.25, 0.3) is 0 Å². The van der Waals surface area contributed by atoms with E-state index in [2.05, 4.69) is 0 Å². The molecule has 28 heavy (non-hydrogen) atoms. The number of nitrogens with zero attached hydrogens (tertiary/aromatic N) is 2. The van der Waals surface area contributed by atoms with Crippen molar-refractivity contribution in [2.24, 2.45) is 0 Å². The van der Waals surface area contributed by atoms with Gasteiger partial charge in [0, 0.05) is 6.61 Å². The van der Waals surface area contributed by atoms with E-state index in [0.717, 1.165) is 31.8 Å². The molecule has 0 aliphatic rings. The molecule has 0 spiro atoms. The lowest BCUT2D eigenvalue weighted by molar-refractivity contribution is -0.137. The molecule has 5 nitrogen and oxygen atoms in total. The van der Waals surface area contributed by atoms with Gasteiger partial charge < -0.3 is 9.84 Å². The lowest BCUT2D eigenvalue weighted by atomic mass is 10.0. The van der Waals surface area contributed by atoms with Crippen LogP contribution < -0.4 is 0 Å². The number of hydrogen-bond acceptors (Lipinski definition) is 5. The molecule has 0 atom stereocenters. The number of aliphatic hydroxyl groups is 1. The Morgan fingerprint density at radius 2 is 1.04 bits per heavy atom. The molecular formula is C23H38N2O3. The SMILES string of the molecule is N#CC(C#N)=CC(=O)OCCCCCCCCCCCCCCCCCCO. The zero-order valence-corrected chi connectivity index (χ0v) is 17.5. The molecule has 0 amide bonds. The third kappa shape index (κ3) is 18.9. The molecular weight excluding hydrogens is 352 g/mol. The molecule has 0 rings (SSSR count). The van der Waals surface area contributed by atoms with Crippen molar-refractivity contribution in [2.75, 3.05) is 13.2 Å². The molecule has 158 valence electrons. The fourth-order valence-electron chi connectivity index (χ4n) is 3.11. The Balaban J connectivity index is 3.22. The third-order valence-electron chi connectivity index (χ3n) is 4.80. The predicted molar refractivity (Wildman–Crippen MR) is 111 cm³/mol. The van der Waals surface area contributed by atoms with Gasteiger partial charge in [-0.05, 0) is 12.8 Å². The summed E-state index contributed by atoms with van der Waals surface area (Å²) in [5.74, 6) is -0.611. The minimum absolute atomic E-state index is 0.223. The van der Waals surface area contributed by atoms with Crippen molar-refractivity contribution in [2.45, 2.75) is 103 Å². The van der Waals surface area contributed by atoms with Crippen LogP contribution >= 0.6 is 0 Å². The minimum atomic E-state index is -0.611. The molecule has 0 heterocycles. The predicted octanol–water partition coefficient (Wildman–Crippen LogP) is 5.74. The fraction of sp³-hybridized carbons (Fsp3) is 0.783. The second-order valence-electron chi connectivity index (χ2n) is 7.33. The number of aliphatic hydroxyl groups excluding tert-OH is 1. The molecule has 0 saturated carbocycles. The summed E-state index contributed by atoms with van der Waals surface area (Å²) < 4.78 is 4.97. The number of hydrogen-bond donors (Lipinski definition) is 1. The Morgan fingerprint density at radius 3 is 1.39 bits per heavy atom. The van der Waals surface area contributed by atoms with Gasteiger partial charge in [-0.2, -0.15) is 10.5 Å². The molecule has 0 fully saturated rings. The largest absolute Gasteiger partial charge is 0.462 e. The Kier molecular flexibility index (Phi) is 20.0. The van der Waals surface area contributed by atoms with E-state index in [1.165, 1.54) is 77.0 Å². The molecule has 0 unspecified atom stereocenters. The highest BCUT2D eigenvalue weighted by Gasteiger charge is 2.01. The van der Waals surface area contributed by atoms with Crippen molar-refractivity contribution in [1.82, 2.24) is 0 Å². The van der Waals surface area contributed by atoms with Crippen LogP contribution in [0.15, 0.2) is 11.6 Å². The number of allylic oxidation sites excluding steroid dienone is 1. The maximum absolute atomic E-state index is 11.3. The normalized spacial score (nSPS) is 10.1. The van der Waals surface area contributed by atoms with E-state index in [1.807, 2.05) is 0 Å². The molecule has 5 heteroatoms. The van der Waals surface area contributed by atoms with Gasteiger partial charge >= 0.3 is 5.97 Å². The first-order valence-electron chi connectivity index (χ1n) is 11.0. The number of carbonyl (C=O) groups is 1. The van der Waals surface area contributed by atoms with Gasteiger partial charge in [0.15, 0.2) is 0 Å². The van der Waals surface area contributed by atoms with Crippen molar-refractivity contribution in [1.29, 1.82) is 10.5 Å². The molecule has 0 saturated heterocycles. The van der Waals surface area contributed by atoms with E-state index >= 15 is 0 Å². The molecule has 0 aromatic carbocycles. The Labute approximate surface area is 171 Å². The van der Waals surface area contributed by atoms with Crippen molar-refractivity contribution < 1.29 is 14.6 Å². The fourth-order valence-corrected chi connectivity index (χ4v) is 3.11. The van der Waals surface area contributed by atoms with Gasteiger partial charge in [0.25, 0.3) is 0 Å². The Hall–Kier alpha value is -1.85. The van der Waals surface area contributed by atoms with Crippen LogP contribution in [0.3, 0.4) is 0 Å². The van der Waals surface area contributed by atoms with Crippen LogP contribution in [-0.4, -0.2) is 24.3 Å². The van der Waals surface area contributed by atoms with E-state index in [0.29, 0.717) is 13.2 Å². The Morgan fingerprint density at radius 1 is 0.679 bits per heavy atom. The smallest absolute Gasteiger partial charge is 0.332 e. The van der Waals surface area contributed by atoms with Crippen molar-refractivity contribution in [3.8, 4) is 12.1 Å². The summed E-state index contributed by atoms with van der Waals surface area (Å²) in [5, 5.41) is 25.8. The summed E-state index contributed by atoms with van der Waals surface area (Å²) in [4.78, 5) is 11.3. The number of esters is 1. The zero-order chi connectivity index (χ0) is 20.7. The number of carbonyl (C=O) groups excluding carboxylic acids is 1. The van der Waals surface area contributed by atoms with E-state index in [9.17, 15) is 4.79 Å². The lowest BCUT2D eigenvalue weighted by Crippen LogP contribution is -2.03. The van der Waals surface area contributed by atoms with Crippen molar-refractivity contribution in [3.05, 3.63) is 11.6 Å². The van der Waals surface area contributed by atoms with Gasteiger partial charge in [-0.15, -0.1) is 0 Å². The molecule has 0 aromatic heterocycles. The lowest BCUT2D eigenvalue weighted by Gasteiger charge is -2.04. The first kappa shape index (κ1) is 26.1. The first-order valence-corrected chi connectivity index (χ1v) is 11.0. The van der Waals surface area contributed by atoms with Crippen molar-refractivity contribution in [3.63, 3.8) is 0 Å². The van der Waals surface area contributed by atoms with E-state index in [-0.39, 0.29) is 5.57 Å². The second-order valence-corrected chi connectivity index (χ2v) is 7.33. The molecule has 0 aromatic rings. The Bertz CT molecular complexity index is 473. The van der Waals surface area contributed by atoms with Gasteiger partial charge in [0.2, 0.25) is 0 Å². The monoisotopic (exact) mass is 390 g/mol. The number of rotatable bonds is 19. The van der Waals surface area contributed by atoms with Crippen LogP contribution in [0.2, 0.25) is 0 Å². The topological polar surface area (TPSA) is 94.1 Å². The summed E-state index contributed by atoms with van der Waals surface area (Å²) in [6.45, 7) is 0.684. The van der Waals surface area contributed by atoms with E-state index in [1.54, 1.807) is 12.1 Å². The van der Waals surface area contributed by atoms with E-state index in [4.69, 9.17) is 20.4 Å². The highest BCUT2D eigenvalue weighted by Crippen LogP contribution is 2.13. The molecule has 0 bridgehead atoms. The molecule has 0 radical (unpaired) electrons. The standard InChI is InChI=1S/C23H38N2O3/c24-20-22(21-25)19-23(27)28-18-16-14-12-10-8-6-4-2-1-3-5-7-9-11-13-15-17-26/h19,26H,1-18H2. The van der Waals surface area contributed by atoms with E-state index < -0.39 is 5.97 Å². The average molecular weight is 391 g/mol. The zero-order valence-electron chi connectivity index (χ0n) is 17.5. The van der Waals surface area contributed by atoms with Crippen LogP contribution in [0.4, 0.5) is 0 Å². The third-order valence-corrected chi connectivity index (χ3v) is 4.80. The van der Waals surface area contributed by atoms with Gasteiger partial charge in [0.05, 0.1) is 12.7 Å². The maximum Gasteiger partial charge on any atom is 0.332 e. The first-order chi connectivity index (χ1) is 13.7. The van der Waals surface area contributed by atoms with Gasteiger partial charge in [-0.3, -0.25) is 0 Å². The molecule has 0 aliphatic carbocycles. The quantitative estimate of drug-likeness (QED) is 0.131. The summed E-state index contributed by atoms with van der Waals surface area (Å²) in [7, 11) is 0. The summed E-state index contributed by atoms with van der Waals surface area (Å²) >= 11 is 0. The molecule has 0 aliphatic heterocycles. The summed E-state index contributed by atoms with van der Waals surface area (Å²) in [5.41, 5.74) is -0.223. The number of ether oxygens (including phenoxy) is 1. The maximum atomic E-state index is 11.3.